The fourth-order valence-corrected chi connectivity index (χ4v) is 3.44. The lowest BCUT2D eigenvalue weighted by atomic mass is 10.1. The summed E-state index contributed by atoms with van der Waals surface area (Å²) in [6, 6.07) is 19.6. The van der Waals surface area contributed by atoms with E-state index in [1.165, 1.54) is 4.57 Å². The summed E-state index contributed by atoms with van der Waals surface area (Å²) in [4.78, 5) is 30.2. The van der Waals surface area contributed by atoms with Crippen LogP contribution in [-0.2, 0) is 0 Å². The van der Waals surface area contributed by atoms with E-state index in [9.17, 15) is 9.59 Å². The molecule has 0 fully saturated rings. The minimum Gasteiger partial charge on any atom is -0.321 e. The van der Waals surface area contributed by atoms with E-state index in [1.54, 1.807) is 49.4 Å². The molecule has 1 aromatic heterocycles. The number of halogens is 1. The molecule has 0 aliphatic rings. The van der Waals surface area contributed by atoms with E-state index in [1.807, 2.05) is 31.2 Å². The average molecular weight is 404 g/mol. The van der Waals surface area contributed by atoms with E-state index in [-0.39, 0.29) is 11.5 Å². The second-order valence-corrected chi connectivity index (χ2v) is 7.21. The molecular formula is C23H18ClN3O2. The molecule has 1 N–H and O–H groups in total. The van der Waals surface area contributed by atoms with Crippen molar-refractivity contribution in [3.63, 3.8) is 0 Å². The van der Waals surface area contributed by atoms with Gasteiger partial charge in [-0.2, -0.15) is 0 Å². The first-order chi connectivity index (χ1) is 13.9. The normalized spacial score (nSPS) is 10.9. The summed E-state index contributed by atoms with van der Waals surface area (Å²) in [7, 11) is 0. The molecule has 0 spiro atoms. The predicted octanol–water partition coefficient (Wildman–Crippen LogP) is 4.91. The third kappa shape index (κ3) is 3.65. The molecule has 0 aliphatic heterocycles. The van der Waals surface area contributed by atoms with Crippen LogP contribution < -0.4 is 10.9 Å². The number of carbonyl (C=O) groups excluding carboxylic acids is 1. The molecule has 1 amide bonds. The minimum absolute atomic E-state index is 0.175. The van der Waals surface area contributed by atoms with Crippen LogP contribution in [-0.4, -0.2) is 15.5 Å². The maximum atomic E-state index is 13.0. The molecule has 0 radical (unpaired) electrons. The van der Waals surface area contributed by atoms with Crippen LogP contribution in [0.3, 0.4) is 0 Å². The van der Waals surface area contributed by atoms with Gasteiger partial charge in [0.15, 0.2) is 0 Å². The Morgan fingerprint density at radius 1 is 1.00 bits per heavy atom. The molecule has 5 nitrogen and oxygen atoms in total. The van der Waals surface area contributed by atoms with Gasteiger partial charge in [0.1, 0.15) is 5.82 Å². The van der Waals surface area contributed by atoms with Crippen molar-refractivity contribution < 1.29 is 4.79 Å². The Morgan fingerprint density at radius 2 is 1.79 bits per heavy atom. The number of para-hydroxylation sites is 1. The first kappa shape index (κ1) is 18.9. The van der Waals surface area contributed by atoms with E-state index in [2.05, 4.69) is 10.3 Å². The molecule has 4 rings (SSSR count). The predicted molar refractivity (Wildman–Crippen MR) is 116 cm³/mol. The van der Waals surface area contributed by atoms with Crippen molar-refractivity contribution in [3.05, 3.63) is 99.1 Å². The van der Waals surface area contributed by atoms with Crippen LogP contribution in [0.2, 0.25) is 5.02 Å². The van der Waals surface area contributed by atoms with Gasteiger partial charge in [-0.3, -0.25) is 14.2 Å². The summed E-state index contributed by atoms with van der Waals surface area (Å²) >= 11 is 6.30. The summed E-state index contributed by atoms with van der Waals surface area (Å²) in [6.45, 7) is 3.69. The highest BCUT2D eigenvalue weighted by molar-refractivity contribution is 6.34. The Labute approximate surface area is 172 Å². The smallest absolute Gasteiger partial charge is 0.265 e. The lowest BCUT2D eigenvalue weighted by Crippen LogP contribution is -2.22. The monoisotopic (exact) mass is 403 g/mol. The van der Waals surface area contributed by atoms with Gasteiger partial charge in [0.05, 0.1) is 27.3 Å². The Kier molecular flexibility index (Phi) is 4.91. The van der Waals surface area contributed by atoms with Crippen molar-refractivity contribution in [1.82, 2.24) is 9.55 Å². The lowest BCUT2D eigenvalue weighted by molar-refractivity contribution is 0.102. The van der Waals surface area contributed by atoms with Gasteiger partial charge in [-0.05, 0) is 56.3 Å². The summed E-state index contributed by atoms with van der Waals surface area (Å²) in [6.07, 6.45) is 0. The molecule has 1 heterocycles. The molecule has 6 heteroatoms. The number of nitrogens with zero attached hydrogens (tertiary/aromatic N) is 2. The van der Waals surface area contributed by atoms with E-state index in [4.69, 9.17) is 11.6 Å². The van der Waals surface area contributed by atoms with Crippen molar-refractivity contribution in [2.75, 3.05) is 5.32 Å². The van der Waals surface area contributed by atoms with Crippen molar-refractivity contribution >= 4 is 34.1 Å². The van der Waals surface area contributed by atoms with Gasteiger partial charge in [-0.1, -0.05) is 41.4 Å². The molecule has 144 valence electrons. The third-order valence-electron chi connectivity index (χ3n) is 4.68. The van der Waals surface area contributed by atoms with Crippen LogP contribution in [0.15, 0.2) is 71.5 Å². The Balaban J connectivity index is 1.77. The second kappa shape index (κ2) is 7.53. The number of rotatable bonds is 3. The zero-order chi connectivity index (χ0) is 20.5. The topological polar surface area (TPSA) is 64.0 Å². The molecule has 0 saturated heterocycles. The zero-order valence-electron chi connectivity index (χ0n) is 15.9. The Hall–Kier alpha value is -3.44. The van der Waals surface area contributed by atoms with Gasteiger partial charge in [0.25, 0.3) is 11.5 Å². The largest absolute Gasteiger partial charge is 0.321 e. The maximum absolute atomic E-state index is 13.0. The number of benzene rings is 3. The van der Waals surface area contributed by atoms with Crippen LogP contribution in [0, 0.1) is 13.8 Å². The molecule has 0 atom stereocenters. The molecule has 3 aromatic carbocycles. The summed E-state index contributed by atoms with van der Waals surface area (Å²) in [5.74, 6) is 0.278. The molecule has 0 aliphatic carbocycles. The van der Waals surface area contributed by atoms with Crippen LogP contribution in [0.25, 0.3) is 16.6 Å². The van der Waals surface area contributed by atoms with Gasteiger partial charge in [0.2, 0.25) is 0 Å². The molecule has 0 bridgehead atoms. The lowest BCUT2D eigenvalue weighted by Gasteiger charge is -2.14. The second-order valence-electron chi connectivity index (χ2n) is 6.80. The third-order valence-corrected chi connectivity index (χ3v) is 5.01. The average Bonchev–Trinajstić information content (AvgIpc) is 2.70. The fourth-order valence-electron chi connectivity index (χ4n) is 3.28. The number of hydrogen-bond acceptors (Lipinski definition) is 3. The summed E-state index contributed by atoms with van der Waals surface area (Å²) in [5.41, 5.74) is 3.00. The highest BCUT2D eigenvalue weighted by Gasteiger charge is 2.13. The van der Waals surface area contributed by atoms with Crippen molar-refractivity contribution in [3.8, 4) is 5.69 Å². The van der Waals surface area contributed by atoms with E-state index in [0.717, 1.165) is 5.56 Å². The van der Waals surface area contributed by atoms with Gasteiger partial charge < -0.3 is 5.32 Å². The van der Waals surface area contributed by atoms with Gasteiger partial charge in [-0.15, -0.1) is 0 Å². The molecule has 4 aromatic rings. The molecule has 0 saturated carbocycles. The minimum atomic E-state index is -0.270. The van der Waals surface area contributed by atoms with Crippen LogP contribution in [0.5, 0.6) is 0 Å². The van der Waals surface area contributed by atoms with Gasteiger partial charge in [0, 0.05) is 5.56 Å². The number of aryl methyl sites for hydroxylation is 2. The molecule has 0 unspecified atom stereocenters. The van der Waals surface area contributed by atoms with Crippen LogP contribution >= 0.6 is 11.6 Å². The standard InChI is InChI=1S/C23H18ClN3O2/c1-14-6-5-7-16(12-14)22(28)26-21-13-17(10-11-19(21)24)27-15(2)25-20-9-4-3-8-18(20)23(27)29/h3-13H,1-2H3,(H,26,28). The van der Waals surface area contributed by atoms with E-state index in [0.29, 0.717) is 38.7 Å². The highest BCUT2D eigenvalue weighted by Crippen LogP contribution is 2.26. The molecule has 29 heavy (non-hydrogen) atoms. The maximum Gasteiger partial charge on any atom is 0.265 e. The van der Waals surface area contributed by atoms with Gasteiger partial charge in [-0.25, -0.2) is 4.98 Å². The SMILES string of the molecule is Cc1cccc(C(=O)Nc2cc(-n3c(C)nc4ccccc4c3=O)ccc2Cl)c1. The van der Waals surface area contributed by atoms with Crippen LogP contribution in [0.4, 0.5) is 5.69 Å². The van der Waals surface area contributed by atoms with Gasteiger partial charge >= 0.3 is 0 Å². The van der Waals surface area contributed by atoms with Crippen molar-refractivity contribution in [2.24, 2.45) is 0 Å². The van der Waals surface area contributed by atoms with Crippen LogP contribution in [0.1, 0.15) is 21.7 Å². The zero-order valence-corrected chi connectivity index (χ0v) is 16.7. The number of carbonyl (C=O) groups is 1. The number of nitrogens with one attached hydrogen (secondary N) is 1. The Morgan fingerprint density at radius 3 is 2.59 bits per heavy atom. The number of anilines is 1. The number of fused-ring (bicyclic) bond motifs is 1. The highest BCUT2D eigenvalue weighted by atomic mass is 35.5. The summed E-state index contributed by atoms with van der Waals surface area (Å²) in [5, 5.41) is 3.74. The van der Waals surface area contributed by atoms with E-state index >= 15 is 0 Å². The van der Waals surface area contributed by atoms with E-state index < -0.39 is 0 Å². The number of hydrogen-bond donors (Lipinski definition) is 1. The first-order valence-electron chi connectivity index (χ1n) is 9.10. The number of amides is 1. The fraction of sp³-hybridized carbons (Fsp3) is 0.0870. The Bertz CT molecular complexity index is 1310. The molecular weight excluding hydrogens is 386 g/mol. The van der Waals surface area contributed by atoms with Crippen molar-refractivity contribution in [2.45, 2.75) is 13.8 Å². The quantitative estimate of drug-likeness (QED) is 0.528. The van der Waals surface area contributed by atoms with Crippen molar-refractivity contribution in [1.29, 1.82) is 0 Å². The first-order valence-corrected chi connectivity index (χ1v) is 9.48. The summed E-state index contributed by atoms with van der Waals surface area (Å²) < 4.78 is 1.51. The number of aromatic nitrogens is 2.